The fourth-order valence-corrected chi connectivity index (χ4v) is 1.87. The van der Waals surface area contributed by atoms with Gasteiger partial charge >= 0.3 is 0 Å². The number of aromatic nitrogens is 2. The molecule has 0 fully saturated rings. The minimum absolute atomic E-state index is 0.0345. The van der Waals surface area contributed by atoms with E-state index in [0.29, 0.717) is 0 Å². The first kappa shape index (κ1) is 11.8. The molecule has 1 unspecified atom stereocenters. The molecule has 0 aliphatic rings. The fraction of sp³-hybridized carbons (Fsp3) is 0.308. The van der Waals surface area contributed by atoms with Crippen LogP contribution in [0.4, 0.5) is 0 Å². The minimum atomic E-state index is -0.0345. The predicted octanol–water partition coefficient (Wildman–Crippen LogP) is 1.43. The number of para-hydroxylation sites is 1. The maximum absolute atomic E-state index is 6.18. The quantitative estimate of drug-likeness (QED) is 0.864. The summed E-state index contributed by atoms with van der Waals surface area (Å²) in [4.78, 5) is 2.08. The van der Waals surface area contributed by atoms with Crippen LogP contribution in [0.15, 0.2) is 42.6 Å². The Balaban J connectivity index is 2.29. The summed E-state index contributed by atoms with van der Waals surface area (Å²) < 4.78 is 1.90. The zero-order chi connectivity index (χ0) is 12.3. The first-order valence-electron chi connectivity index (χ1n) is 5.68. The second-order valence-electron chi connectivity index (χ2n) is 4.37. The molecular weight excluding hydrogens is 212 g/mol. The zero-order valence-electron chi connectivity index (χ0n) is 10.2. The van der Waals surface area contributed by atoms with Crippen molar-refractivity contribution in [1.29, 1.82) is 0 Å². The van der Waals surface area contributed by atoms with E-state index in [1.54, 1.807) is 6.20 Å². The normalized spacial score (nSPS) is 12.9. The van der Waals surface area contributed by atoms with Crippen molar-refractivity contribution >= 4 is 0 Å². The highest BCUT2D eigenvalue weighted by Gasteiger charge is 2.13. The smallest absolute Gasteiger partial charge is 0.0649 e. The van der Waals surface area contributed by atoms with Crippen LogP contribution in [-0.4, -0.2) is 35.3 Å². The number of hydrogen-bond donors (Lipinski definition) is 1. The first-order chi connectivity index (χ1) is 8.18. The van der Waals surface area contributed by atoms with Crippen LogP contribution in [-0.2, 0) is 0 Å². The molecule has 1 aromatic carbocycles. The molecule has 0 aliphatic heterocycles. The van der Waals surface area contributed by atoms with Gasteiger partial charge < -0.3 is 10.6 Å². The van der Waals surface area contributed by atoms with E-state index in [4.69, 9.17) is 5.73 Å². The van der Waals surface area contributed by atoms with Gasteiger partial charge in [0.25, 0.3) is 0 Å². The average Bonchev–Trinajstić information content (AvgIpc) is 2.78. The van der Waals surface area contributed by atoms with Crippen molar-refractivity contribution in [2.24, 2.45) is 5.73 Å². The molecule has 4 nitrogen and oxygen atoms in total. The largest absolute Gasteiger partial charge is 0.322 e. The topological polar surface area (TPSA) is 47.1 Å². The summed E-state index contributed by atoms with van der Waals surface area (Å²) in [6.07, 6.45) is 1.79. The van der Waals surface area contributed by atoms with Crippen LogP contribution in [0, 0.1) is 0 Å². The van der Waals surface area contributed by atoms with Gasteiger partial charge in [0.05, 0.1) is 17.4 Å². The standard InChI is InChI=1S/C13H18N4/c1-16(2)10-12(14)13-8-9-15-17(13)11-6-4-3-5-7-11/h3-9,12H,10,14H2,1-2H3. The molecule has 0 amide bonds. The van der Waals surface area contributed by atoms with Gasteiger partial charge in [0.1, 0.15) is 0 Å². The van der Waals surface area contributed by atoms with E-state index in [9.17, 15) is 0 Å². The van der Waals surface area contributed by atoms with Crippen LogP contribution in [0.2, 0.25) is 0 Å². The van der Waals surface area contributed by atoms with Gasteiger partial charge in [-0.25, -0.2) is 4.68 Å². The highest BCUT2D eigenvalue weighted by Crippen LogP contribution is 2.15. The molecule has 0 bridgehead atoms. The molecule has 1 atom stereocenters. The number of hydrogen-bond acceptors (Lipinski definition) is 3. The first-order valence-corrected chi connectivity index (χ1v) is 5.68. The Kier molecular flexibility index (Phi) is 3.56. The molecule has 90 valence electrons. The Bertz CT molecular complexity index is 461. The molecule has 0 spiro atoms. The molecular formula is C13H18N4. The Morgan fingerprint density at radius 2 is 1.94 bits per heavy atom. The van der Waals surface area contributed by atoms with Crippen molar-refractivity contribution in [3.8, 4) is 5.69 Å². The van der Waals surface area contributed by atoms with Crippen LogP contribution in [0.5, 0.6) is 0 Å². The van der Waals surface area contributed by atoms with Gasteiger partial charge in [-0.05, 0) is 32.3 Å². The minimum Gasteiger partial charge on any atom is -0.322 e. The van der Waals surface area contributed by atoms with Crippen molar-refractivity contribution in [1.82, 2.24) is 14.7 Å². The highest BCUT2D eigenvalue weighted by molar-refractivity contribution is 5.33. The van der Waals surface area contributed by atoms with E-state index < -0.39 is 0 Å². The van der Waals surface area contributed by atoms with E-state index in [2.05, 4.69) is 10.00 Å². The molecule has 17 heavy (non-hydrogen) atoms. The second-order valence-corrected chi connectivity index (χ2v) is 4.37. The summed E-state index contributed by atoms with van der Waals surface area (Å²) in [5.74, 6) is 0. The van der Waals surface area contributed by atoms with Gasteiger partial charge in [0.2, 0.25) is 0 Å². The maximum atomic E-state index is 6.18. The number of benzene rings is 1. The van der Waals surface area contributed by atoms with E-state index in [1.807, 2.05) is 55.2 Å². The van der Waals surface area contributed by atoms with Gasteiger partial charge in [0.15, 0.2) is 0 Å². The fourth-order valence-electron chi connectivity index (χ4n) is 1.87. The van der Waals surface area contributed by atoms with Crippen molar-refractivity contribution in [2.45, 2.75) is 6.04 Å². The lowest BCUT2D eigenvalue weighted by molar-refractivity contribution is 0.371. The van der Waals surface area contributed by atoms with E-state index >= 15 is 0 Å². The Morgan fingerprint density at radius 1 is 1.24 bits per heavy atom. The summed E-state index contributed by atoms with van der Waals surface area (Å²) in [5, 5.41) is 4.33. The Hall–Kier alpha value is -1.65. The summed E-state index contributed by atoms with van der Waals surface area (Å²) in [6.45, 7) is 0.804. The average molecular weight is 230 g/mol. The molecule has 4 heteroatoms. The van der Waals surface area contributed by atoms with E-state index in [-0.39, 0.29) is 6.04 Å². The molecule has 2 N–H and O–H groups in total. The van der Waals surface area contributed by atoms with E-state index in [0.717, 1.165) is 17.9 Å². The SMILES string of the molecule is CN(C)CC(N)c1ccnn1-c1ccccc1. The van der Waals surface area contributed by atoms with Crippen molar-refractivity contribution in [2.75, 3.05) is 20.6 Å². The van der Waals surface area contributed by atoms with Gasteiger partial charge in [-0.2, -0.15) is 5.10 Å². The van der Waals surface area contributed by atoms with Gasteiger partial charge in [-0.1, -0.05) is 18.2 Å². The zero-order valence-corrected chi connectivity index (χ0v) is 10.2. The number of nitrogens with zero attached hydrogens (tertiary/aromatic N) is 3. The third-order valence-corrected chi connectivity index (χ3v) is 2.61. The Labute approximate surface area is 102 Å². The van der Waals surface area contributed by atoms with Gasteiger partial charge in [-0.15, -0.1) is 0 Å². The predicted molar refractivity (Wildman–Crippen MR) is 69.0 cm³/mol. The molecule has 2 aromatic rings. The molecule has 0 saturated carbocycles. The third-order valence-electron chi connectivity index (χ3n) is 2.61. The second kappa shape index (κ2) is 5.12. The van der Waals surface area contributed by atoms with Gasteiger partial charge in [-0.3, -0.25) is 0 Å². The molecule has 0 aliphatic carbocycles. The summed E-state index contributed by atoms with van der Waals surface area (Å²) >= 11 is 0. The molecule has 0 saturated heterocycles. The lowest BCUT2D eigenvalue weighted by atomic mass is 10.2. The maximum Gasteiger partial charge on any atom is 0.0649 e. The Morgan fingerprint density at radius 3 is 2.59 bits per heavy atom. The summed E-state index contributed by atoms with van der Waals surface area (Å²) in [6, 6.07) is 12.0. The van der Waals surface area contributed by atoms with Crippen molar-refractivity contribution < 1.29 is 0 Å². The van der Waals surface area contributed by atoms with Crippen LogP contribution in [0.3, 0.4) is 0 Å². The van der Waals surface area contributed by atoms with Crippen molar-refractivity contribution in [3.63, 3.8) is 0 Å². The van der Waals surface area contributed by atoms with Crippen molar-refractivity contribution in [3.05, 3.63) is 48.3 Å². The third kappa shape index (κ3) is 2.72. The monoisotopic (exact) mass is 230 g/mol. The van der Waals surface area contributed by atoms with Crippen LogP contribution in [0.25, 0.3) is 5.69 Å². The highest BCUT2D eigenvalue weighted by atomic mass is 15.3. The van der Waals surface area contributed by atoms with Crippen LogP contribution in [0.1, 0.15) is 11.7 Å². The van der Waals surface area contributed by atoms with Crippen LogP contribution >= 0.6 is 0 Å². The lowest BCUT2D eigenvalue weighted by Gasteiger charge is -2.18. The molecule has 1 aromatic heterocycles. The summed E-state index contributed by atoms with van der Waals surface area (Å²) in [5.41, 5.74) is 8.25. The molecule has 2 rings (SSSR count). The van der Waals surface area contributed by atoms with Crippen LogP contribution < -0.4 is 5.73 Å². The van der Waals surface area contributed by atoms with Gasteiger partial charge in [0, 0.05) is 12.7 Å². The number of rotatable bonds is 4. The summed E-state index contributed by atoms with van der Waals surface area (Å²) in [7, 11) is 4.03. The molecule has 1 heterocycles. The number of likely N-dealkylation sites (N-methyl/N-ethyl adjacent to an activating group) is 1. The lowest BCUT2D eigenvalue weighted by Crippen LogP contribution is -2.27. The molecule has 0 radical (unpaired) electrons. The van der Waals surface area contributed by atoms with E-state index in [1.165, 1.54) is 0 Å². The number of nitrogens with two attached hydrogens (primary N) is 1.